The van der Waals surface area contributed by atoms with E-state index in [2.05, 4.69) is 5.32 Å². The molecule has 2 rings (SSSR count). The summed E-state index contributed by atoms with van der Waals surface area (Å²) in [6, 6.07) is 5.99. The minimum Gasteiger partial charge on any atom is -0.352 e. The van der Waals surface area contributed by atoms with Crippen molar-refractivity contribution in [1.82, 2.24) is 5.32 Å². The Balaban J connectivity index is 2.16. The number of sulfonamides is 1. The largest absolute Gasteiger partial charge is 0.352 e. The van der Waals surface area contributed by atoms with Crippen molar-refractivity contribution in [3.63, 3.8) is 0 Å². The Bertz CT molecular complexity index is 650. The zero-order valence-electron chi connectivity index (χ0n) is 12.0. The smallest absolute Gasteiger partial charge is 0.251 e. The third kappa shape index (κ3) is 3.41. The second-order valence-corrected chi connectivity index (χ2v) is 7.31. The van der Waals surface area contributed by atoms with E-state index in [1.807, 2.05) is 13.8 Å². The molecule has 0 spiro atoms. The Hall–Kier alpha value is -1.89. The summed E-state index contributed by atoms with van der Waals surface area (Å²) in [5.41, 5.74) is 0.710. The molecule has 114 valence electrons. The average molecular weight is 310 g/mol. The average Bonchev–Trinajstić information content (AvgIpc) is 2.70. The highest BCUT2D eigenvalue weighted by atomic mass is 32.2. The van der Waals surface area contributed by atoms with Crippen molar-refractivity contribution >= 4 is 27.5 Å². The Morgan fingerprint density at radius 2 is 1.90 bits per heavy atom. The lowest BCUT2D eigenvalue weighted by molar-refractivity contribution is -0.116. The number of amides is 2. The molecule has 1 aromatic carbocycles. The number of carbonyl (C=O) groups excluding carboxylic acids is 2. The van der Waals surface area contributed by atoms with Crippen molar-refractivity contribution in [2.24, 2.45) is 5.92 Å². The minimum absolute atomic E-state index is 0.00103. The zero-order valence-corrected chi connectivity index (χ0v) is 12.8. The third-order valence-corrected chi connectivity index (χ3v) is 4.80. The van der Waals surface area contributed by atoms with Crippen LogP contribution in [-0.4, -0.2) is 32.5 Å². The Labute approximate surface area is 124 Å². The fourth-order valence-electron chi connectivity index (χ4n) is 2.02. The minimum atomic E-state index is -3.56. The van der Waals surface area contributed by atoms with Gasteiger partial charge >= 0.3 is 0 Å². The first-order valence-electron chi connectivity index (χ1n) is 6.75. The maximum absolute atomic E-state index is 11.9. The van der Waals surface area contributed by atoms with Gasteiger partial charge in [0.1, 0.15) is 0 Å². The monoisotopic (exact) mass is 310 g/mol. The van der Waals surface area contributed by atoms with E-state index >= 15 is 0 Å². The molecule has 0 unspecified atom stereocenters. The van der Waals surface area contributed by atoms with Crippen molar-refractivity contribution in [3.05, 3.63) is 29.8 Å². The van der Waals surface area contributed by atoms with Crippen molar-refractivity contribution in [2.75, 3.05) is 16.6 Å². The lowest BCUT2D eigenvalue weighted by Crippen LogP contribution is -2.29. The van der Waals surface area contributed by atoms with Crippen LogP contribution in [-0.2, 0) is 14.8 Å². The van der Waals surface area contributed by atoms with Gasteiger partial charge in [-0.3, -0.25) is 9.59 Å². The van der Waals surface area contributed by atoms with Crippen LogP contribution in [0.25, 0.3) is 0 Å². The molecule has 1 saturated heterocycles. The maximum Gasteiger partial charge on any atom is 0.251 e. The van der Waals surface area contributed by atoms with Gasteiger partial charge in [0.15, 0.2) is 0 Å². The normalized spacial score (nSPS) is 17.3. The number of hydrogen-bond donors (Lipinski definition) is 1. The third-order valence-electron chi connectivity index (χ3n) is 3.11. The van der Waals surface area contributed by atoms with Gasteiger partial charge in [0.05, 0.1) is 11.4 Å². The number of rotatable bonds is 4. The van der Waals surface area contributed by atoms with Gasteiger partial charge in [-0.1, -0.05) is 13.8 Å². The molecule has 1 N–H and O–H groups in total. The molecule has 0 aromatic heterocycles. The summed E-state index contributed by atoms with van der Waals surface area (Å²) < 4.78 is 24.4. The molecule has 0 aliphatic carbocycles. The molecule has 21 heavy (non-hydrogen) atoms. The zero-order chi connectivity index (χ0) is 15.6. The van der Waals surface area contributed by atoms with E-state index in [0.717, 1.165) is 4.31 Å². The highest BCUT2D eigenvalue weighted by Crippen LogP contribution is 2.25. The quantitative estimate of drug-likeness (QED) is 0.904. The lowest BCUT2D eigenvalue weighted by Gasteiger charge is -2.15. The van der Waals surface area contributed by atoms with Gasteiger partial charge in [0, 0.05) is 18.5 Å². The molecular formula is C14H18N2O4S. The molecule has 6 nitrogen and oxygen atoms in total. The summed E-state index contributed by atoms with van der Waals surface area (Å²) in [7, 11) is -3.56. The van der Waals surface area contributed by atoms with Gasteiger partial charge in [0.25, 0.3) is 5.91 Å². The standard InChI is InChI=1S/C14H18N2O4S/c1-10(2)9-15-14(18)11-3-5-12(6-4-11)16-13(17)7-8-21(16,19)20/h3-6,10H,7-9H2,1-2H3,(H,15,18). The van der Waals surface area contributed by atoms with Crippen molar-refractivity contribution in [3.8, 4) is 0 Å². The van der Waals surface area contributed by atoms with Crippen LogP contribution in [0.15, 0.2) is 24.3 Å². The van der Waals surface area contributed by atoms with E-state index in [4.69, 9.17) is 0 Å². The highest BCUT2D eigenvalue weighted by Gasteiger charge is 2.36. The summed E-state index contributed by atoms with van der Waals surface area (Å²) >= 11 is 0. The molecule has 7 heteroatoms. The SMILES string of the molecule is CC(C)CNC(=O)c1ccc(N2C(=O)CCS2(=O)=O)cc1. The summed E-state index contributed by atoms with van der Waals surface area (Å²) in [5, 5.41) is 2.77. The lowest BCUT2D eigenvalue weighted by atomic mass is 10.1. The van der Waals surface area contributed by atoms with Crippen molar-refractivity contribution in [1.29, 1.82) is 0 Å². The second-order valence-electron chi connectivity index (χ2n) is 5.37. The first kappa shape index (κ1) is 15.5. The van der Waals surface area contributed by atoms with E-state index in [0.29, 0.717) is 18.0 Å². The summed E-state index contributed by atoms with van der Waals surface area (Å²) in [6.45, 7) is 4.56. The fourth-order valence-corrected chi connectivity index (χ4v) is 3.48. The molecule has 2 amide bonds. The molecule has 1 heterocycles. The van der Waals surface area contributed by atoms with Crippen LogP contribution >= 0.6 is 0 Å². The number of benzene rings is 1. The molecule has 0 atom stereocenters. The van der Waals surface area contributed by atoms with Crippen LogP contribution < -0.4 is 9.62 Å². The second kappa shape index (κ2) is 5.85. The summed E-state index contributed by atoms with van der Waals surface area (Å²) in [5.74, 6) is -0.471. The fraction of sp³-hybridized carbons (Fsp3) is 0.429. The van der Waals surface area contributed by atoms with Gasteiger partial charge < -0.3 is 5.32 Å². The molecule has 1 aliphatic rings. The van der Waals surface area contributed by atoms with Crippen LogP contribution in [0, 0.1) is 5.92 Å². The molecule has 0 radical (unpaired) electrons. The van der Waals surface area contributed by atoms with E-state index < -0.39 is 15.9 Å². The van der Waals surface area contributed by atoms with E-state index in [9.17, 15) is 18.0 Å². The molecule has 1 fully saturated rings. The van der Waals surface area contributed by atoms with Gasteiger partial charge in [-0.25, -0.2) is 12.7 Å². The number of nitrogens with zero attached hydrogens (tertiary/aromatic N) is 1. The van der Waals surface area contributed by atoms with E-state index in [-0.39, 0.29) is 23.8 Å². The van der Waals surface area contributed by atoms with Gasteiger partial charge in [-0.2, -0.15) is 0 Å². The maximum atomic E-state index is 11.9. The molecule has 1 aliphatic heterocycles. The van der Waals surface area contributed by atoms with Crippen LogP contribution in [0.3, 0.4) is 0 Å². The van der Waals surface area contributed by atoms with Crippen LogP contribution in [0.2, 0.25) is 0 Å². The van der Waals surface area contributed by atoms with Crippen LogP contribution in [0.1, 0.15) is 30.6 Å². The Morgan fingerprint density at radius 1 is 1.29 bits per heavy atom. The van der Waals surface area contributed by atoms with Crippen molar-refractivity contribution < 1.29 is 18.0 Å². The first-order valence-corrected chi connectivity index (χ1v) is 8.36. The van der Waals surface area contributed by atoms with E-state index in [1.54, 1.807) is 0 Å². The topological polar surface area (TPSA) is 83.6 Å². The van der Waals surface area contributed by atoms with E-state index in [1.165, 1.54) is 24.3 Å². The Kier molecular flexibility index (Phi) is 4.32. The molecule has 0 saturated carbocycles. The first-order chi connectivity index (χ1) is 9.81. The predicted octanol–water partition coefficient (Wildman–Crippen LogP) is 1.14. The molecule has 1 aromatic rings. The summed E-state index contributed by atoms with van der Waals surface area (Å²) in [4.78, 5) is 23.5. The van der Waals surface area contributed by atoms with Crippen molar-refractivity contribution in [2.45, 2.75) is 20.3 Å². The summed E-state index contributed by atoms with van der Waals surface area (Å²) in [6.07, 6.45) is -0.00103. The predicted molar refractivity (Wildman–Crippen MR) is 79.5 cm³/mol. The number of nitrogens with one attached hydrogen (secondary N) is 1. The Morgan fingerprint density at radius 3 is 2.38 bits per heavy atom. The number of carbonyl (C=O) groups is 2. The van der Waals surface area contributed by atoms with Gasteiger partial charge in [-0.05, 0) is 30.2 Å². The number of hydrogen-bond acceptors (Lipinski definition) is 4. The number of anilines is 1. The van der Waals surface area contributed by atoms with Gasteiger partial charge in [-0.15, -0.1) is 0 Å². The highest BCUT2D eigenvalue weighted by molar-refractivity contribution is 7.94. The molecular weight excluding hydrogens is 292 g/mol. The van der Waals surface area contributed by atoms with Gasteiger partial charge in [0.2, 0.25) is 15.9 Å². The molecule has 0 bridgehead atoms. The van der Waals surface area contributed by atoms with Crippen LogP contribution in [0.4, 0.5) is 5.69 Å². The van der Waals surface area contributed by atoms with Crippen LogP contribution in [0.5, 0.6) is 0 Å².